The number of carbonyl (C=O) groups is 4. The molecule has 10 heteroatoms. The molecule has 0 aliphatic carbocycles. The van der Waals surface area contributed by atoms with E-state index in [-0.39, 0.29) is 29.8 Å². The number of rotatable bonds is 7. The van der Waals surface area contributed by atoms with Crippen LogP contribution in [0.15, 0.2) is 42.5 Å². The average Bonchev–Trinajstić information content (AvgIpc) is 3.39. The molecule has 1 saturated heterocycles. The van der Waals surface area contributed by atoms with Crippen molar-refractivity contribution >= 4 is 23.6 Å². The zero-order chi connectivity index (χ0) is 26.7. The predicted molar refractivity (Wildman–Crippen MR) is 132 cm³/mol. The smallest absolute Gasteiger partial charge is 0.325 e. The van der Waals surface area contributed by atoms with E-state index in [1.165, 1.54) is 31.2 Å². The Kier molecular flexibility index (Phi) is 7.58. The minimum absolute atomic E-state index is 0.187. The number of hydrogen-bond acceptors (Lipinski definition) is 7. The first-order valence-corrected chi connectivity index (χ1v) is 12.2. The van der Waals surface area contributed by atoms with Crippen molar-refractivity contribution in [3.8, 4) is 5.75 Å². The molecule has 2 amide bonds. The molecule has 2 heterocycles. The molecule has 0 saturated carbocycles. The third-order valence-corrected chi connectivity index (χ3v) is 6.55. The van der Waals surface area contributed by atoms with E-state index in [1.54, 1.807) is 32.0 Å². The number of ketones is 1. The van der Waals surface area contributed by atoms with Gasteiger partial charge in [-0.25, -0.2) is 4.39 Å². The Morgan fingerprint density at radius 1 is 1.11 bits per heavy atom. The summed E-state index contributed by atoms with van der Waals surface area (Å²) >= 11 is 0. The van der Waals surface area contributed by atoms with Gasteiger partial charge in [0.1, 0.15) is 23.7 Å². The Hall–Kier alpha value is -3.79. The van der Waals surface area contributed by atoms with Crippen LogP contribution in [0.3, 0.4) is 0 Å². The number of ether oxygens (including phenoxy) is 2. The molecule has 2 aliphatic heterocycles. The van der Waals surface area contributed by atoms with Crippen LogP contribution in [0, 0.1) is 5.82 Å². The zero-order valence-corrected chi connectivity index (χ0v) is 20.9. The van der Waals surface area contributed by atoms with Crippen molar-refractivity contribution in [2.45, 2.75) is 57.4 Å². The number of esters is 1. The summed E-state index contributed by atoms with van der Waals surface area (Å²) in [6.45, 7) is 5.23. The number of halogens is 1. The molecule has 3 N–H and O–H groups in total. The molecular weight excluding hydrogens is 481 g/mol. The highest BCUT2D eigenvalue weighted by Crippen LogP contribution is 2.42. The Morgan fingerprint density at radius 3 is 2.46 bits per heavy atom. The summed E-state index contributed by atoms with van der Waals surface area (Å²) in [5.74, 6) is -1.77. The quantitative estimate of drug-likeness (QED) is 0.386. The summed E-state index contributed by atoms with van der Waals surface area (Å²) in [5.41, 5.74) is -0.0293. The third-order valence-electron chi connectivity index (χ3n) is 6.55. The fourth-order valence-electron chi connectivity index (χ4n) is 4.57. The van der Waals surface area contributed by atoms with Crippen molar-refractivity contribution in [2.75, 3.05) is 13.1 Å². The fourth-order valence-corrected chi connectivity index (χ4v) is 4.57. The lowest BCUT2D eigenvalue weighted by Gasteiger charge is -2.44. The van der Waals surface area contributed by atoms with Gasteiger partial charge in [0.25, 0.3) is 5.91 Å². The molecule has 0 bridgehead atoms. The molecule has 4 rings (SSSR count). The lowest BCUT2D eigenvalue weighted by molar-refractivity contribution is -0.164. The number of carbonyl (C=O) groups excluding carboxylic acids is 4. The van der Waals surface area contributed by atoms with Crippen molar-refractivity contribution in [2.24, 2.45) is 0 Å². The van der Waals surface area contributed by atoms with Crippen molar-refractivity contribution in [3.05, 3.63) is 65.0 Å². The van der Waals surface area contributed by atoms with Crippen LogP contribution < -0.4 is 20.7 Å². The van der Waals surface area contributed by atoms with E-state index < -0.39 is 35.4 Å². The van der Waals surface area contributed by atoms with Gasteiger partial charge in [-0.05, 0) is 82.6 Å². The summed E-state index contributed by atoms with van der Waals surface area (Å²) in [6, 6.07) is 8.64. The van der Waals surface area contributed by atoms with Gasteiger partial charge in [-0.1, -0.05) is 0 Å². The van der Waals surface area contributed by atoms with Gasteiger partial charge < -0.3 is 25.4 Å². The summed E-state index contributed by atoms with van der Waals surface area (Å²) in [4.78, 5) is 50.3. The van der Waals surface area contributed by atoms with E-state index in [9.17, 15) is 23.6 Å². The standard InChI is InChI=1S/C27H30FN3O6/c1-15(32)17-8-11-21-19(13-17)23(31-25(34)16-6-9-18(28)10-7-16)24(27(2,3)37-21)36-22(33)14-30-26(35)20-5-4-12-29-20/h6-11,13,20,23-24,29H,4-5,12,14H2,1-3H3,(H,30,35)(H,31,34)/t20-,23-,24+/m0/s1. The predicted octanol–water partition coefficient (Wildman–Crippen LogP) is 2.45. The number of amides is 2. The molecule has 2 aromatic carbocycles. The SMILES string of the molecule is CC(=O)c1ccc2c(c1)[C@H](NC(=O)c1ccc(F)cc1)[C@@H](OC(=O)CNC(=O)[C@@H]1CCCN1)C(C)(C)O2. The summed E-state index contributed by atoms with van der Waals surface area (Å²) < 4.78 is 25.3. The van der Waals surface area contributed by atoms with Gasteiger partial charge in [-0.15, -0.1) is 0 Å². The maximum Gasteiger partial charge on any atom is 0.325 e. The second-order valence-electron chi connectivity index (χ2n) is 9.75. The Labute approximate surface area is 214 Å². The van der Waals surface area contributed by atoms with Crippen LogP contribution >= 0.6 is 0 Å². The molecule has 0 spiro atoms. The van der Waals surface area contributed by atoms with E-state index in [1.807, 2.05) is 0 Å². The van der Waals surface area contributed by atoms with Crippen molar-refractivity contribution in [3.63, 3.8) is 0 Å². The highest BCUT2D eigenvalue weighted by molar-refractivity contribution is 5.96. The number of benzene rings is 2. The molecule has 1 fully saturated rings. The number of fused-ring (bicyclic) bond motifs is 1. The van der Waals surface area contributed by atoms with Gasteiger partial charge in [0.05, 0.1) is 12.1 Å². The van der Waals surface area contributed by atoms with Gasteiger partial charge in [-0.3, -0.25) is 19.2 Å². The fraction of sp³-hybridized carbons (Fsp3) is 0.407. The van der Waals surface area contributed by atoms with Crippen molar-refractivity contribution in [1.82, 2.24) is 16.0 Å². The first-order chi connectivity index (χ1) is 17.5. The summed E-state index contributed by atoms with van der Waals surface area (Å²) in [6.07, 6.45) is 0.560. The van der Waals surface area contributed by atoms with Gasteiger partial charge in [0, 0.05) is 16.7 Å². The monoisotopic (exact) mass is 511 g/mol. The maximum absolute atomic E-state index is 13.4. The van der Waals surface area contributed by atoms with Crippen LogP contribution in [0.25, 0.3) is 0 Å². The molecule has 3 atom stereocenters. The molecule has 196 valence electrons. The molecule has 9 nitrogen and oxygen atoms in total. The normalized spacial score (nSPS) is 21.8. The van der Waals surface area contributed by atoms with E-state index >= 15 is 0 Å². The van der Waals surface area contributed by atoms with Crippen LogP contribution in [0.2, 0.25) is 0 Å². The molecule has 2 aromatic rings. The average molecular weight is 512 g/mol. The minimum atomic E-state index is -1.09. The largest absolute Gasteiger partial charge is 0.484 e. The Morgan fingerprint density at radius 2 is 1.81 bits per heavy atom. The molecule has 0 aromatic heterocycles. The molecule has 0 radical (unpaired) electrons. The zero-order valence-electron chi connectivity index (χ0n) is 20.9. The van der Waals surface area contributed by atoms with Gasteiger partial charge in [-0.2, -0.15) is 0 Å². The number of hydrogen-bond donors (Lipinski definition) is 3. The van der Waals surface area contributed by atoms with E-state index in [0.29, 0.717) is 23.3 Å². The second-order valence-corrected chi connectivity index (χ2v) is 9.75. The highest BCUT2D eigenvalue weighted by atomic mass is 19.1. The molecular formula is C27H30FN3O6. The first kappa shape index (κ1) is 26.3. The van der Waals surface area contributed by atoms with Crippen LogP contribution in [0.1, 0.15) is 65.9 Å². The van der Waals surface area contributed by atoms with Crippen molar-refractivity contribution < 1.29 is 33.0 Å². The molecule has 0 unspecified atom stereocenters. The van der Waals surface area contributed by atoms with E-state index in [4.69, 9.17) is 9.47 Å². The van der Waals surface area contributed by atoms with Crippen molar-refractivity contribution in [1.29, 1.82) is 0 Å². The third kappa shape index (κ3) is 5.96. The number of nitrogens with one attached hydrogen (secondary N) is 3. The summed E-state index contributed by atoms with van der Waals surface area (Å²) in [7, 11) is 0. The van der Waals surface area contributed by atoms with Crippen LogP contribution in [-0.4, -0.2) is 54.4 Å². The van der Waals surface area contributed by atoms with Gasteiger partial charge >= 0.3 is 5.97 Å². The van der Waals surface area contributed by atoms with Crippen LogP contribution in [0.5, 0.6) is 5.75 Å². The highest BCUT2D eigenvalue weighted by Gasteiger charge is 2.47. The van der Waals surface area contributed by atoms with Gasteiger partial charge in [0.2, 0.25) is 5.91 Å². The summed E-state index contributed by atoms with van der Waals surface area (Å²) in [5, 5.41) is 8.52. The first-order valence-electron chi connectivity index (χ1n) is 12.2. The molecule has 37 heavy (non-hydrogen) atoms. The van der Waals surface area contributed by atoms with Crippen LogP contribution in [-0.2, 0) is 14.3 Å². The maximum atomic E-state index is 13.4. The Balaban J connectivity index is 1.60. The van der Waals surface area contributed by atoms with E-state index in [2.05, 4.69) is 16.0 Å². The molecule has 2 aliphatic rings. The van der Waals surface area contributed by atoms with E-state index in [0.717, 1.165) is 13.0 Å². The van der Waals surface area contributed by atoms with Gasteiger partial charge in [0.15, 0.2) is 11.9 Å². The lowest BCUT2D eigenvalue weighted by atomic mass is 9.85. The topological polar surface area (TPSA) is 123 Å². The van der Waals surface area contributed by atoms with Crippen LogP contribution in [0.4, 0.5) is 4.39 Å². The number of Topliss-reactive ketones (excluding diaryl/α,β-unsaturated/α-hetero) is 1. The lowest BCUT2D eigenvalue weighted by Crippen LogP contribution is -2.56. The second kappa shape index (κ2) is 10.7. The minimum Gasteiger partial charge on any atom is -0.484 e. The Bertz CT molecular complexity index is 1210.